The average molecular weight is 247 g/mol. The van der Waals surface area contributed by atoms with E-state index < -0.39 is 0 Å². The van der Waals surface area contributed by atoms with Crippen molar-refractivity contribution in [2.75, 3.05) is 6.61 Å². The molecule has 0 saturated carbocycles. The number of benzene rings is 1. The molecular weight excluding hydrogens is 222 g/mol. The van der Waals surface area contributed by atoms with Crippen LogP contribution in [0.5, 0.6) is 5.75 Å². The summed E-state index contributed by atoms with van der Waals surface area (Å²) in [6, 6.07) is 4.61. The lowest BCUT2D eigenvalue weighted by Crippen LogP contribution is -2.20. The fourth-order valence-corrected chi connectivity index (χ4v) is 2.79. The van der Waals surface area contributed by atoms with Crippen LogP contribution in [0.3, 0.4) is 0 Å². The number of ether oxygens (including phenoxy) is 1. The molecule has 0 bridgehead atoms. The highest BCUT2D eigenvalue weighted by Crippen LogP contribution is 2.32. The molecular formula is C16H25NO. The highest BCUT2D eigenvalue weighted by molar-refractivity contribution is 5.47. The van der Waals surface area contributed by atoms with Gasteiger partial charge in [0.05, 0.1) is 6.61 Å². The molecule has 0 aliphatic heterocycles. The van der Waals surface area contributed by atoms with Gasteiger partial charge in [0, 0.05) is 6.04 Å². The van der Waals surface area contributed by atoms with E-state index >= 15 is 0 Å². The van der Waals surface area contributed by atoms with Crippen LogP contribution < -0.4 is 10.5 Å². The zero-order valence-electron chi connectivity index (χ0n) is 11.7. The summed E-state index contributed by atoms with van der Waals surface area (Å²) in [5.41, 5.74) is 10.4. The molecule has 2 nitrogen and oxygen atoms in total. The van der Waals surface area contributed by atoms with Crippen molar-refractivity contribution in [2.45, 2.75) is 58.4 Å². The minimum atomic E-state index is 0.235. The van der Waals surface area contributed by atoms with E-state index in [0.717, 1.165) is 25.2 Å². The molecule has 18 heavy (non-hydrogen) atoms. The third-order valence-electron chi connectivity index (χ3n) is 3.59. The standard InChI is InChI=1S/C16H25NO/c1-3-10-18-16-9-8-13(11-12(2)17)14-6-4-5-7-15(14)16/h8-9,12H,3-7,10-11,17H2,1-2H3. The van der Waals surface area contributed by atoms with Gasteiger partial charge >= 0.3 is 0 Å². The van der Waals surface area contributed by atoms with E-state index in [9.17, 15) is 0 Å². The molecule has 0 radical (unpaired) electrons. The van der Waals surface area contributed by atoms with Crippen molar-refractivity contribution in [3.8, 4) is 5.75 Å². The minimum absolute atomic E-state index is 0.235. The first-order valence-electron chi connectivity index (χ1n) is 7.24. The van der Waals surface area contributed by atoms with E-state index in [2.05, 4.69) is 26.0 Å². The SMILES string of the molecule is CCCOc1ccc(CC(C)N)c2c1CCCC2. The maximum absolute atomic E-state index is 5.94. The summed E-state index contributed by atoms with van der Waals surface area (Å²) in [5, 5.41) is 0. The van der Waals surface area contributed by atoms with Gasteiger partial charge < -0.3 is 10.5 Å². The number of fused-ring (bicyclic) bond motifs is 1. The molecule has 0 amide bonds. The fraction of sp³-hybridized carbons (Fsp3) is 0.625. The summed E-state index contributed by atoms with van der Waals surface area (Å²) < 4.78 is 5.88. The molecule has 0 spiro atoms. The maximum atomic E-state index is 5.94. The van der Waals surface area contributed by atoms with Crippen LogP contribution in [0.4, 0.5) is 0 Å². The molecule has 2 heteroatoms. The Hall–Kier alpha value is -1.02. The van der Waals surface area contributed by atoms with Crippen molar-refractivity contribution in [3.05, 3.63) is 28.8 Å². The van der Waals surface area contributed by atoms with Gasteiger partial charge in [0.25, 0.3) is 0 Å². The topological polar surface area (TPSA) is 35.2 Å². The predicted octanol–water partition coefficient (Wildman–Crippen LogP) is 3.24. The van der Waals surface area contributed by atoms with Gasteiger partial charge in [0.1, 0.15) is 5.75 Å². The molecule has 0 heterocycles. The van der Waals surface area contributed by atoms with Crippen LogP contribution in [0.1, 0.15) is 49.8 Å². The van der Waals surface area contributed by atoms with Crippen molar-refractivity contribution in [3.63, 3.8) is 0 Å². The van der Waals surface area contributed by atoms with Gasteiger partial charge in [-0.15, -0.1) is 0 Å². The summed E-state index contributed by atoms with van der Waals surface area (Å²) in [6.07, 6.45) is 7.00. The zero-order chi connectivity index (χ0) is 13.0. The van der Waals surface area contributed by atoms with Crippen molar-refractivity contribution in [2.24, 2.45) is 5.73 Å². The third-order valence-corrected chi connectivity index (χ3v) is 3.59. The molecule has 1 atom stereocenters. The van der Waals surface area contributed by atoms with Gasteiger partial charge in [-0.1, -0.05) is 13.0 Å². The van der Waals surface area contributed by atoms with Crippen LogP contribution in [0, 0.1) is 0 Å². The molecule has 1 unspecified atom stereocenters. The van der Waals surface area contributed by atoms with Gasteiger partial charge in [-0.25, -0.2) is 0 Å². The van der Waals surface area contributed by atoms with E-state index in [-0.39, 0.29) is 6.04 Å². The molecule has 1 aliphatic rings. The Bertz CT molecular complexity index is 398. The first kappa shape index (κ1) is 13.4. The van der Waals surface area contributed by atoms with E-state index in [1.54, 1.807) is 0 Å². The van der Waals surface area contributed by atoms with Crippen molar-refractivity contribution in [1.82, 2.24) is 0 Å². The highest BCUT2D eigenvalue weighted by Gasteiger charge is 2.18. The Labute approximate surface area is 111 Å². The van der Waals surface area contributed by atoms with Gasteiger partial charge in [-0.3, -0.25) is 0 Å². The molecule has 1 aromatic rings. The van der Waals surface area contributed by atoms with E-state index in [0.29, 0.717) is 0 Å². The van der Waals surface area contributed by atoms with Crippen LogP contribution in [0.25, 0.3) is 0 Å². The second-order valence-electron chi connectivity index (χ2n) is 5.42. The Balaban J connectivity index is 2.29. The van der Waals surface area contributed by atoms with Gasteiger partial charge in [0.15, 0.2) is 0 Å². The lowest BCUT2D eigenvalue weighted by Gasteiger charge is -2.23. The minimum Gasteiger partial charge on any atom is -0.493 e. The van der Waals surface area contributed by atoms with E-state index in [1.165, 1.54) is 42.4 Å². The molecule has 2 rings (SSSR count). The van der Waals surface area contributed by atoms with Crippen molar-refractivity contribution < 1.29 is 4.74 Å². The summed E-state index contributed by atoms with van der Waals surface area (Å²) in [7, 11) is 0. The normalized spacial score (nSPS) is 16.2. The smallest absolute Gasteiger partial charge is 0.122 e. The number of hydrogen-bond donors (Lipinski definition) is 1. The molecule has 0 fully saturated rings. The summed E-state index contributed by atoms with van der Waals surface area (Å²) in [6.45, 7) is 5.05. The van der Waals surface area contributed by atoms with Crippen LogP contribution in [-0.4, -0.2) is 12.6 Å². The Morgan fingerprint density at radius 1 is 1.22 bits per heavy atom. The largest absolute Gasteiger partial charge is 0.493 e. The number of hydrogen-bond acceptors (Lipinski definition) is 2. The van der Waals surface area contributed by atoms with Gasteiger partial charge in [0.2, 0.25) is 0 Å². The monoisotopic (exact) mass is 247 g/mol. The van der Waals surface area contributed by atoms with Gasteiger partial charge in [-0.05, 0) is 68.2 Å². The zero-order valence-corrected chi connectivity index (χ0v) is 11.7. The number of nitrogens with two attached hydrogens (primary N) is 1. The summed E-state index contributed by atoms with van der Waals surface area (Å²) in [5.74, 6) is 1.11. The molecule has 1 aromatic carbocycles. The van der Waals surface area contributed by atoms with Crippen LogP contribution >= 0.6 is 0 Å². The molecule has 0 saturated heterocycles. The van der Waals surface area contributed by atoms with Crippen LogP contribution in [0.2, 0.25) is 0 Å². The lowest BCUT2D eigenvalue weighted by atomic mass is 9.86. The lowest BCUT2D eigenvalue weighted by molar-refractivity contribution is 0.312. The van der Waals surface area contributed by atoms with Crippen molar-refractivity contribution >= 4 is 0 Å². The number of rotatable bonds is 5. The molecule has 100 valence electrons. The summed E-state index contributed by atoms with van der Waals surface area (Å²) >= 11 is 0. The molecule has 2 N–H and O–H groups in total. The second kappa shape index (κ2) is 6.24. The molecule has 1 aliphatic carbocycles. The molecule has 0 aromatic heterocycles. The Morgan fingerprint density at radius 3 is 2.61 bits per heavy atom. The predicted molar refractivity (Wildman–Crippen MR) is 76.2 cm³/mol. The summed E-state index contributed by atoms with van der Waals surface area (Å²) in [4.78, 5) is 0. The van der Waals surface area contributed by atoms with Crippen LogP contribution in [-0.2, 0) is 19.3 Å². The van der Waals surface area contributed by atoms with Gasteiger partial charge in [-0.2, -0.15) is 0 Å². The first-order chi connectivity index (χ1) is 8.72. The van der Waals surface area contributed by atoms with E-state index in [4.69, 9.17) is 10.5 Å². The van der Waals surface area contributed by atoms with Crippen molar-refractivity contribution in [1.29, 1.82) is 0 Å². The average Bonchev–Trinajstić information content (AvgIpc) is 2.37. The third kappa shape index (κ3) is 3.05. The van der Waals surface area contributed by atoms with E-state index in [1.807, 2.05) is 0 Å². The quantitative estimate of drug-likeness (QED) is 0.867. The Kier molecular flexibility index (Phi) is 4.65. The first-order valence-corrected chi connectivity index (χ1v) is 7.24. The second-order valence-corrected chi connectivity index (χ2v) is 5.42. The van der Waals surface area contributed by atoms with Crippen LogP contribution in [0.15, 0.2) is 12.1 Å². The fourth-order valence-electron chi connectivity index (χ4n) is 2.79. The maximum Gasteiger partial charge on any atom is 0.122 e. The highest BCUT2D eigenvalue weighted by atomic mass is 16.5. The Morgan fingerprint density at radius 2 is 1.94 bits per heavy atom.